The number of aliphatic imine (C=N–C) groups is 1. The van der Waals surface area contributed by atoms with Gasteiger partial charge >= 0.3 is 0 Å². The Morgan fingerprint density at radius 1 is 1.06 bits per heavy atom. The van der Waals surface area contributed by atoms with Crippen molar-refractivity contribution < 1.29 is 13.9 Å². The molecule has 0 saturated carbocycles. The van der Waals surface area contributed by atoms with Gasteiger partial charge in [-0.15, -0.1) is 24.0 Å². The fourth-order valence-electron chi connectivity index (χ4n) is 2.82. The quantitative estimate of drug-likeness (QED) is 0.164. The molecule has 0 aliphatic rings. The van der Waals surface area contributed by atoms with Gasteiger partial charge in [-0.25, -0.2) is 9.98 Å². The number of benzene rings is 2. The van der Waals surface area contributed by atoms with Crippen molar-refractivity contribution in [2.24, 2.45) is 4.99 Å². The number of methoxy groups -OCH3 is 1. The van der Waals surface area contributed by atoms with Crippen molar-refractivity contribution in [3.05, 3.63) is 72.1 Å². The lowest BCUT2D eigenvalue weighted by atomic mass is 10.2. The molecule has 0 aliphatic heterocycles. The molecule has 0 radical (unpaired) electrons. The standard InChI is InChI=1S/C23H27N5O3.HI/c1-3-24-23(26-13-12-25-21(29)18-10-7-11-20(14-18)30-2)27-15-19-16-31-22(28-19)17-8-5-4-6-9-17;/h4-11,14,16H,3,12-13,15H2,1-2H3,(H,25,29)(H2,24,26,27);1H. The van der Waals surface area contributed by atoms with Crippen molar-refractivity contribution in [2.45, 2.75) is 13.5 Å². The number of ether oxygens (including phenoxy) is 1. The van der Waals surface area contributed by atoms with Gasteiger partial charge in [0, 0.05) is 30.8 Å². The van der Waals surface area contributed by atoms with Gasteiger partial charge in [0.15, 0.2) is 5.96 Å². The smallest absolute Gasteiger partial charge is 0.251 e. The molecule has 0 unspecified atom stereocenters. The summed E-state index contributed by atoms with van der Waals surface area (Å²) in [6, 6.07) is 16.8. The van der Waals surface area contributed by atoms with E-state index < -0.39 is 0 Å². The maximum absolute atomic E-state index is 12.3. The van der Waals surface area contributed by atoms with Crippen molar-refractivity contribution in [3.8, 4) is 17.2 Å². The summed E-state index contributed by atoms with van der Waals surface area (Å²) in [7, 11) is 1.57. The molecule has 170 valence electrons. The number of nitrogens with one attached hydrogen (secondary N) is 3. The second kappa shape index (κ2) is 13.4. The lowest BCUT2D eigenvalue weighted by Gasteiger charge is -2.11. The molecule has 3 N–H and O–H groups in total. The van der Waals surface area contributed by atoms with Crippen LogP contribution in [0.2, 0.25) is 0 Å². The van der Waals surface area contributed by atoms with Gasteiger partial charge < -0.3 is 25.1 Å². The second-order valence-electron chi connectivity index (χ2n) is 6.62. The van der Waals surface area contributed by atoms with Gasteiger partial charge in [0.25, 0.3) is 5.91 Å². The molecule has 1 heterocycles. The maximum Gasteiger partial charge on any atom is 0.251 e. The average Bonchev–Trinajstić information content (AvgIpc) is 3.29. The van der Waals surface area contributed by atoms with Crippen molar-refractivity contribution >= 4 is 35.8 Å². The van der Waals surface area contributed by atoms with Crippen LogP contribution in [0.25, 0.3) is 11.5 Å². The third kappa shape index (κ3) is 7.56. The van der Waals surface area contributed by atoms with Gasteiger partial charge in [-0.2, -0.15) is 0 Å². The van der Waals surface area contributed by atoms with Crippen LogP contribution in [-0.2, 0) is 6.54 Å². The van der Waals surface area contributed by atoms with E-state index >= 15 is 0 Å². The molecule has 0 atom stereocenters. The highest BCUT2D eigenvalue weighted by Crippen LogP contribution is 2.18. The number of guanidine groups is 1. The number of carbonyl (C=O) groups excluding carboxylic acids is 1. The summed E-state index contributed by atoms with van der Waals surface area (Å²) in [5, 5.41) is 9.25. The molecule has 0 aliphatic carbocycles. The number of rotatable bonds is 9. The van der Waals surface area contributed by atoms with Gasteiger partial charge in [-0.3, -0.25) is 4.79 Å². The van der Waals surface area contributed by atoms with Crippen LogP contribution >= 0.6 is 24.0 Å². The number of carbonyl (C=O) groups is 1. The highest BCUT2D eigenvalue weighted by Gasteiger charge is 2.08. The van der Waals surface area contributed by atoms with Crippen LogP contribution < -0.4 is 20.7 Å². The monoisotopic (exact) mass is 549 g/mol. The first-order valence-corrected chi connectivity index (χ1v) is 10.1. The van der Waals surface area contributed by atoms with Crippen LogP contribution in [0, 0.1) is 0 Å². The first-order valence-electron chi connectivity index (χ1n) is 10.1. The molecule has 0 fully saturated rings. The first kappa shape index (κ1) is 25.2. The number of hydrogen-bond acceptors (Lipinski definition) is 5. The van der Waals surface area contributed by atoms with Crippen LogP contribution in [0.4, 0.5) is 0 Å². The zero-order chi connectivity index (χ0) is 21.9. The Kier molecular flexibility index (Phi) is 10.5. The number of oxazole rings is 1. The first-order chi connectivity index (χ1) is 15.2. The summed E-state index contributed by atoms with van der Waals surface area (Å²) in [5.74, 6) is 1.71. The van der Waals surface area contributed by atoms with Crippen LogP contribution in [-0.4, -0.2) is 43.6 Å². The molecule has 0 saturated heterocycles. The number of aromatic nitrogens is 1. The van der Waals surface area contributed by atoms with Gasteiger partial charge in [-0.1, -0.05) is 24.3 Å². The summed E-state index contributed by atoms with van der Waals surface area (Å²) in [6.07, 6.45) is 1.61. The Bertz CT molecular complexity index is 1010. The predicted molar refractivity (Wildman–Crippen MR) is 135 cm³/mol. The molecule has 8 nitrogen and oxygen atoms in total. The fraction of sp³-hybridized carbons (Fsp3) is 0.261. The Morgan fingerprint density at radius 2 is 1.84 bits per heavy atom. The van der Waals surface area contributed by atoms with E-state index in [1.807, 2.05) is 37.3 Å². The number of halogens is 1. The van der Waals surface area contributed by atoms with E-state index in [9.17, 15) is 4.79 Å². The average molecular weight is 549 g/mol. The molecule has 3 aromatic rings. The van der Waals surface area contributed by atoms with Crippen LogP contribution in [0.1, 0.15) is 23.0 Å². The van der Waals surface area contributed by atoms with Crippen molar-refractivity contribution in [3.63, 3.8) is 0 Å². The predicted octanol–water partition coefficient (Wildman–Crippen LogP) is 3.45. The summed E-state index contributed by atoms with van der Waals surface area (Å²) in [6.45, 7) is 4.06. The molecule has 0 spiro atoms. The van der Waals surface area contributed by atoms with Crippen LogP contribution in [0.5, 0.6) is 5.75 Å². The molecule has 1 amide bonds. The molecular formula is C23H28IN5O3. The van der Waals surface area contributed by atoms with E-state index in [1.54, 1.807) is 37.6 Å². The molecule has 32 heavy (non-hydrogen) atoms. The normalized spacial score (nSPS) is 10.8. The number of nitrogens with zero attached hydrogens (tertiary/aromatic N) is 2. The van der Waals surface area contributed by atoms with Gasteiger partial charge in [0.2, 0.25) is 5.89 Å². The largest absolute Gasteiger partial charge is 0.497 e. The minimum Gasteiger partial charge on any atom is -0.497 e. The van der Waals surface area contributed by atoms with Crippen LogP contribution in [0.3, 0.4) is 0 Å². The molecule has 2 aromatic carbocycles. The molecule has 0 bridgehead atoms. The van der Waals surface area contributed by atoms with E-state index in [0.717, 1.165) is 17.8 Å². The summed E-state index contributed by atoms with van der Waals surface area (Å²) in [5.41, 5.74) is 2.22. The fourth-order valence-corrected chi connectivity index (χ4v) is 2.82. The summed E-state index contributed by atoms with van der Waals surface area (Å²) in [4.78, 5) is 21.3. The lowest BCUT2D eigenvalue weighted by Crippen LogP contribution is -2.41. The molecule has 9 heteroatoms. The van der Waals surface area contributed by atoms with E-state index in [4.69, 9.17) is 9.15 Å². The Morgan fingerprint density at radius 3 is 2.59 bits per heavy atom. The number of hydrogen-bond donors (Lipinski definition) is 3. The zero-order valence-electron chi connectivity index (χ0n) is 18.1. The van der Waals surface area contributed by atoms with E-state index in [1.165, 1.54) is 0 Å². The van der Waals surface area contributed by atoms with Crippen LogP contribution in [0.15, 0.2) is 70.3 Å². The van der Waals surface area contributed by atoms with Crippen molar-refractivity contribution in [2.75, 3.05) is 26.7 Å². The highest BCUT2D eigenvalue weighted by molar-refractivity contribution is 14.0. The molecule has 1 aromatic heterocycles. The summed E-state index contributed by atoms with van der Waals surface area (Å²) < 4.78 is 10.7. The van der Waals surface area contributed by atoms with E-state index in [-0.39, 0.29) is 29.9 Å². The third-order valence-electron chi connectivity index (χ3n) is 4.35. The molecule has 3 rings (SSSR count). The third-order valence-corrected chi connectivity index (χ3v) is 4.35. The Labute approximate surface area is 204 Å². The minimum absolute atomic E-state index is 0. The Hall–Kier alpha value is -3.08. The lowest BCUT2D eigenvalue weighted by molar-refractivity contribution is 0.0954. The summed E-state index contributed by atoms with van der Waals surface area (Å²) >= 11 is 0. The maximum atomic E-state index is 12.3. The van der Waals surface area contributed by atoms with Gasteiger partial charge in [0.1, 0.15) is 17.7 Å². The van der Waals surface area contributed by atoms with Gasteiger partial charge in [-0.05, 0) is 37.3 Å². The SMILES string of the molecule is CCNC(=NCc1coc(-c2ccccc2)n1)NCCNC(=O)c1cccc(OC)c1.I. The van der Waals surface area contributed by atoms with Crippen molar-refractivity contribution in [1.29, 1.82) is 0 Å². The van der Waals surface area contributed by atoms with E-state index in [0.29, 0.717) is 42.8 Å². The highest BCUT2D eigenvalue weighted by atomic mass is 127. The van der Waals surface area contributed by atoms with Gasteiger partial charge in [0.05, 0.1) is 13.7 Å². The van der Waals surface area contributed by atoms with Crippen molar-refractivity contribution in [1.82, 2.24) is 20.9 Å². The number of amides is 1. The topological polar surface area (TPSA) is 101 Å². The molecular weight excluding hydrogens is 521 g/mol. The Balaban J connectivity index is 0.00000363. The second-order valence-corrected chi connectivity index (χ2v) is 6.62. The van der Waals surface area contributed by atoms with E-state index in [2.05, 4.69) is 25.9 Å². The minimum atomic E-state index is -0.154. The zero-order valence-corrected chi connectivity index (χ0v) is 20.5.